The number of nitrogens with one attached hydrogen (secondary N) is 3. The van der Waals surface area contributed by atoms with Gasteiger partial charge in [0.25, 0.3) is 5.91 Å². The van der Waals surface area contributed by atoms with Crippen LogP contribution < -0.4 is 20.9 Å². The second-order valence-corrected chi connectivity index (χ2v) is 6.18. The van der Waals surface area contributed by atoms with Crippen LogP contribution in [0.3, 0.4) is 0 Å². The molecule has 0 aliphatic heterocycles. The Morgan fingerprint density at radius 3 is 2.48 bits per heavy atom. The van der Waals surface area contributed by atoms with Crippen molar-refractivity contribution in [3.63, 3.8) is 0 Å². The first-order valence-electron chi connectivity index (χ1n) is 8.60. The van der Waals surface area contributed by atoms with Crippen LogP contribution in [0.15, 0.2) is 24.3 Å². The second kappa shape index (κ2) is 12.2. The lowest BCUT2D eigenvalue weighted by Crippen LogP contribution is -2.49. The molecule has 0 bridgehead atoms. The van der Waals surface area contributed by atoms with Crippen molar-refractivity contribution < 1.29 is 14.3 Å². The van der Waals surface area contributed by atoms with Crippen LogP contribution in [-0.2, 0) is 9.59 Å². The van der Waals surface area contributed by atoms with Gasteiger partial charge in [0, 0.05) is 6.42 Å². The highest BCUT2D eigenvalue weighted by molar-refractivity contribution is 7.80. The van der Waals surface area contributed by atoms with Crippen molar-refractivity contribution in [3.05, 3.63) is 29.8 Å². The lowest BCUT2D eigenvalue weighted by Gasteiger charge is -2.12. The number of amides is 2. The molecule has 0 heterocycles. The lowest BCUT2D eigenvalue weighted by atomic mass is 10.1. The summed E-state index contributed by atoms with van der Waals surface area (Å²) in [7, 11) is 0. The zero-order valence-corrected chi connectivity index (χ0v) is 15.7. The molecule has 0 aliphatic rings. The van der Waals surface area contributed by atoms with E-state index in [1.54, 1.807) is 6.07 Å². The first-order chi connectivity index (χ1) is 12.0. The molecular weight excluding hydrogens is 338 g/mol. The van der Waals surface area contributed by atoms with Crippen LogP contribution >= 0.6 is 12.2 Å². The van der Waals surface area contributed by atoms with Crippen LogP contribution in [0.2, 0.25) is 0 Å². The Kier molecular flexibility index (Phi) is 10.2. The minimum Gasteiger partial charge on any atom is -0.483 e. The first-order valence-corrected chi connectivity index (χ1v) is 9.00. The molecule has 1 rings (SSSR count). The molecule has 6 nitrogen and oxygen atoms in total. The highest BCUT2D eigenvalue weighted by Gasteiger charge is 2.07. The molecular formula is C18H27N3O3S. The number of hydrogen-bond acceptors (Lipinski definition) is 4. The molecule has 1 aromatic carbocycles. The fourth-order valence-corrected chi connectivity index (χ4v) is 2.30. The Morgan fingerprint density at radius 2 is 1.76 bits per heavy atom. The van der Waals surface area contributed by atoms with E-state index in [4.69, 9.17) is 17.0 Å². The fraction of sp³-hybridized carbons (Fsp3) is 0.500. The molecule has 138 valence electrons. The number of benzene rings is 1. The SMILES string of the molecule is CCCCCCCC(=O)NC(=S)NNC(=O)COc1ccccc1C. The summed E-state index contributed by atoms with van der Waals surface area (Å²) in [5.74, 6) is 0.107. The molecule has 0 radical (unpaired) electrons. The normalized spacial score (nSPS) is 10.0. The molecule has 0 aromatic heterocycles. The summed E-state index contributed by atoms with van der Waals surface area (Å²) in [6, 6.07) is 7.43. The van der Waals surface area contributed by atoms with Crippen molar-refractivity contribution in [1.29, 1.82) is 0 Å². The minimum absolute atomic E-state index is 0.0720. The van der Waals surface area contributed by atoms with Gasteiger partial charge in [0.05, 0.1) is 0 Å². The standard InChI is InChI=1S/C18H27N3O3S/c1-3-4-5-6-7-12-16(22)19-18(25)21-20-17(23)13-24-15-11-9-8-10-14(15)2/h8-11H,3-7,12-13H2,1-2H3,(H,20,23)(H2,19,21,22,25). The topological polar surface area (TPSA) is 79.5 Å². The summed E-state index contributed by atoms with van der Waals surface area (Å²) in [6.45, 7) is 3.90. The van der Waals surface area contributed by atoms with Gasteiger partial charge in [-0.1, -0.05) is 50.8 Å². The summed E-state index contributed by atoms with van der Waals surface area (Å²) >= 11 is 4.97. The number of carbonyl (C=O) groups excluding carboxylic acids is 2. The Bertz CT molecular complexity index is 578. The van der Waals surface area contributed by atoms with Crippen LogP contribution in [0.25, 0.3) is 0 Å². The van der Waals surface area contributed by atoms with E-state index in [9.17, 15) is 9.59 Å². The molecule has 0 fully saturated rings. The molecule has 7 heteroatoms. The molecule has 0 saturated heterocycles. The zero-order chi connectivity index (χ0) is 18.5. The highest BCUT2D eigenvalue weighted by Crippen LogP contribution is 2.15. The van der Waals surface area contributed by atoms with Crippen molar-refractivity contribution in [2.45, 2.75) is 52.4 Å². The largest absolute Gasteiger partial charge is 0.483 e. The molecule has 2 amide bonds. The van der Waals surface area contributed by atoms with Crippen molar-refractivity contribution in [1.82, 2.24) is 16.2 Å². The first kappa shape index (κ1) is 20.9. The Hall–Kier alpha value is -2.15. The number of carbonyl (C=O) groups is 2. The summed E-state index contributed by atoms with van der Waals surface area (Å²) < 4.78 is 5.41. The number of unbranched alkanes of at least 4 members (excludes halogenated alkanes) is 4. The third-order valence-corrected chi connectivity index (χ3v) is 3.73. The Balaban J connectivity index is 2.15. The van der Waals surface area contributed by atoms with Crippen molar-refractivity contribution in [3.8, 4) is 5.75 Å². The van der Waals surface area contributed by atoms with E-state index >= 15 is 0 Å². The second-order valence-electron chi connectivity index (χ2n) is 5.77. The van der Waals surface area contributed by atoms with Gasteiger partial charge in [-0.3, -0.25) is 20.4 Å². The van der Waals surface area contributed by atoms with Gasteiger partial charge >= 0.3 is 0 Å². The van der Waals surface area contributed by atoms with Crippen LogP contribution in [0.5, 0.6) is 5.75 Å². The average Bonchev–Trinajstić information content (AvgIpc) is 2.59. The van der Waals surface area contributed by atoms with E-state index in [1.807, 2.05) is 25.1 Å². The van der Waals surface area contributed by atoms with Crippen LogP contribution in [0, 0.1) is 6.92 Å². The molecule has 0 aliphatic carbocycles. The molecule has 3 N–H and O–H groups in total. The predicted molar refractivity (Wildman–Crippen MR) is 102 cm³/mol. The summed E-state index contributed by atoms with van der Waals surface area (Å²) in [6.07, 6.45) is 5.81. The Labute approximate surface area is 154 Å². The summed E-state index contributed by atoms with van der Waals surface area (Å²) in [5.41, 5.74) is 5.84. The number of hydrazine groups is 1. The van der Waals surface area contributed by atoms with Gasteiger partial charge in [-0.2, -0.15) is 0 Å². The van der Waals surface area contributed by atoms with Crippen molar-refractivity contribution in [2.75, 3.05) is 6.61 Å². The monoisotopic (exact) mass is 365 g/mol. The summed E-state index contributed by atoms with van der Waals surface area (Å²) in [4.78, 5) is 23.4. The molecule has 0 atom stereocenters. The number of aryl methyl sites for hydroxylation is 1. The van der Waals surface area contributed by atoms with Crippen molar-refractivity contribution >= 4 is 29.1 Å². The van der Waals surface area contributed by atoms with E-state index in [0.29, 0.717) is 12.2 Å². The minimum atomic E-state index is -0.389. The van der Waals surface area contributed by atoms with Gasteiger partial charge in [0.15, 0.2) is 11.7 Å². The smallest absolute Gasteiger partial charge is 0.276 e. The number of hydrogen-bond donors (Lipinski definition) is 3. The van der Waals surface area contributed by atoms with Gasteiger partial charge in [-0.05, 0) is 37.2 Å². The highest BCUT2D eigenvalue weighted by atomic mass is 32.1. The van der Waals surface area contributed by atoms with E-state index in [1.165, 1.54) is 12.8 Å². The van der Waals surface area contributed by atoms with Crippen LogP contribution in [0.4, 0.5) is 0 Å². The van der Waals surface area contributed by atoms with E-state index in [2.05, 4.69) is 23.1 Å². The zero-order valence-electron chi connectivity index (χ0n) is 14.9. The number of para-hydroxylation sites is 1. The van der Waals surface area contributed by atoms with E-state index in [-0.39, 0.29) is 23.5 Å². The number of rotatable bonds is 9. The molecule has 0 spiro atoms. The van der Waals surface area contributed by atoms with E-state index in [0.717, 1.165) is 24.8 Å². The third-order valence-electron chi connectivity index (χ3n) is 3.53. The molecule has 0 unspecified atom stereocenters. The summed E-state index contributed by atoms with van der Waals surface area (Å²) in [5, 5.41) is 2.61. The quantitative estimate of drug-likeness (QED) is 0.356. The molecule has 25 heavy (non-hydrogen) atoms. The van der Waals surface area contributed by atoms with Crippen LogP contribution in [0.1, 0.15) is 51.0 Å². The Morgan fingerprint density at radius 1 is 1.04 bits per heavy atom. The maximum Gasteiger partial charge on any atom is 0.276 e. The van der Waals surface area contributed by atoms with E-state index < -0.39 is 0 Å². The maximum absolute atomic E-state index is 11.7. The van der Waals surface area contributed by atoms with Gasteiger partial charge < -0.3 is 10.1 Å². The maximum atomic E-state index is 11.7. The third kappa shape index (κ3) is 9.66. The number of thiocarbonyl (C=S) groups is 1. The lowest BCUT2D eigenvalue weighted by molar-refractivity contribution is -0.124. The van der Waals surface area contributed by atoms with Gasteiger partial charge in [-0.25, -0.2) is 0 Å². The molecule has 0 saturated carbocycles. The van der Waals surface area contributed by atoms with Gasteiger partial charge in [-0.15, -0.1) is 0 Å². The van der Waals surface area contributed by atoms with Gasteiger partial charge in [0.1, 0.15) is 5.75 Å². The van der Waals surface area contributed by atoms with Crippen molar-refractivity contribution in [2.24, 2.45) is 0 Å². The fourth-order valence-electron chi connectivity index (χ4n) is 2.13. The van der Waals surface area contributed by atoms with Crippen LogP contribution in [-0.4, -0.2) is 23.5 Å². The number of ether oxygens (including phenoxy) is 1. The molecule has 1 aromatic rings. The predicted octanol–water partition coefficient (Wildman–Crippen LogP) is 2.76. The van der Waals surface area contributed by atoms with Gasteiger partial charge in [0.2, 0.25) is 5.91 Å². The average molecular weight is 365 g/mol.